The van der Waals surface area contributed by atoms with Crippen molar-refractivity contribution < 1.29 is 0 Å². The molecule has 3 heterocycles. The average Bonchev–Trinajstić information content (AvgIpc) is 2.74. The lowest BCUT2D eigenvalue weighted by molar-refractivity contribution is 0.493. The van der Waals surface area contributed by atoms with Gasteiger partial charge in [-0.15, -0.1) is 0 Å². The van der Waals surface area contributed by atoms with Crippen LogP contribution in [0, 0.1) is 11.3 Å². The molecule has 1 saturated heterocycles. The van der Waals surface area contributed by atoms with E-state index in [1.807, 2.05) is 36.4 Å². The Morgan fingerprint density at radius 1 is 1.11 bits per heavy atom. The number of nitriles is 1. The highest BCUT2D eigenvalue weighted by Gasteiger charge is 2.23. The molecule has 27 heavy (non-hydrogen) atoms. The predicted octanol–water partition coefficient (Wildman–Crippen LogP) is 3.09. The summed E-state index contributed by atoms with van der Waals surface area (Å²) in [5, 5.41) is 8.89. The summed E-state index contributed by atoms with van der Waals surface area (Å²) in [6, 6.07) is 17.1. The second-order valence-electron chi connectivity index (χ2n) is 6.66. The Morgan fingerprint density at radius 3 is 2.56 bits per heavy atom. The number of piperidine rings is 1. The maximum absolute atomic E-state index is 12.1. The third kappa shape index (κ3) is 3.72. The molecule has 1 aliphatic heterocycles. The fourth-order valence-corrected chi connectivity index (χ4v) is 3.46. The first-order chi connectivity index (χ1) is 13.2. The van der Waals surface area contributed by atoms with Crippen molar-refractivity contribution in [3.8, 4) is 17.5 Å². The van der Waals surface area contributed by atoms with Crippen LogP contribution in [0.15, 0.2) is 59.5 Å². The molecule has 0 aliphatic carbocycles. The molecule has 0 atom stereocenters. The number of anilines is 1. The number of nitrogens with zero attached hydrogens (tertiary/aromatic N) is 4. The van der Waals surface area contributed by atoms with E-state index in [1.54, 1.807) is 18.3 Å². The second-order valence-corrected chi connectivity index (χ2v) is 6.66. The van der Waals surface area contributed by atoms with Crippen molar-refractivity contribution in [1.29, 1.82) is 5.26 Å². The van der Waals surface area contributed by atoms with Gasteiger partial charge in [-0.2, -0.15) is 5.26 Å². The van der Waals surface area contributed by atoms with Crippen molar-refractivity contribution in [3.05, 3.63) is 76.3 Å². The number of benzene rings is 1. The highest BCUT2D eigenvalue weighted by atomic mass is 16.1. The van der Waals surface area contributed by atoms with E-state index >= 15 is 0 Å². The van der Waals surface area contributed by atoms with Gasteiger partial charge in [0.15, 0.2) is 0 Å². The lowest BCUT2D eigenvalue weighted by Crippen LogP contribution is -2.34. The molecular weight excluding hydrogens is 338 g/mol. The summed E-state index contributed by atoms with van der Waals surface area (Å²) < 4.78 is 0. The van der Waals surface area contributed by atoms with E-state index in [0.717, 1.165) is 43.0 Å². The fraction of sp³-hybridized carbons (Fsp3) is 0.238. The largest absolute Gasteiger partial charge is 0.357 e. The van der Waals surface area contributed by atoms with Crippen molar-refractivity contribution in [2.45, 2.75) is 18.8 Å². The highest BCUT2D eigenvalue weighted by Crippen LogP contribution is 2.29. The molecule has 6 nitrogen and oxygen atoms in total. The van der Waals surface area contributed by atoms with Crippen LogP contribution in [0.4, 0.5) is 5.82 Å². The lowest BCUT2D eigenvalue weighted by atomic mass is 9.93. The monoisotopic (exact) mass is 357 g/mol. The van der Waals surface area contributed by atoms with Gasteiger partial charge in [-0.25, -0.2) is 9.97 Å². The zero-order valence-corrected chi connectivity index (χ0v) is 14.8. The number of rotatable bonds is 3. The molecule has 0 saturated carbocycles. The zero-order valence-electron chi connectivity index (χ0n) is 14.8. The summed E-state index contributed by atoms with van der Waals surface area (Å²) in [6.07, 6.45) is 3.42. The molecule has 6 heteroatoms. The van der Waals surface area contributed by atoms with Crippen LogP contribution in [-0.4, -0.2) is 28.0 Å². The Labute approximate surface area is 157 Å². The van der Waals surface area contributed by atoms with Crippen LogP contribution in [-0.2, 0) is 0 Å². The van der Waals surface area contributed by atoms with Gasteiger partial charge in [-0.3, -0.25) is 4.79 Å². The van der Waals surface area contributed by atoms with Crippen LogP contribution in [0.2, 0.25) is 0 Å². The molecule has 0 radical (unpaired) electrons. The Bertz CT molecular complexity index is 1010. The zero-order chi connectivity index (χ0) is 18.6. The van der Waals surface area contributed by atoms with Crippen molar-refractivity contribution in [3.63, 3.8) is 0 Å². The topological polar surface area (TPSA) is 85.7 Å². The molecule has 1 aromatic carbocycles. The number of pyridine rings is 1. The Kier molecular flexibility index (Phi) is 4.67. The quantitative estimate of drug-likeness (QED) is 0.778. The normalized spacial score (nSPS) is 14.7. The lowest BCUT2D eigenvalue weighted by Gasteiger charge is -2.32. The first-order valence-electron chi connectivity index (χ1n) is 9.01. The fourth-order valence-electron chi connectivity index (χ4n) is 3.46. The van der Waals surface area contributed by atoms with Crippen LogP contribution < -0.4 is 10.5 Å². The SMILES string of the molecule is N#Cc1ccc(N2CCC(c3cc(=O)[nH]c(-c4ccccc4)n3)CC2)nc1. The number of hydrogen-bond acceptors (Lipinski definition) is 5. The summed E-state index contributed by atoms with van der Waals surface area (Å²) in [5.41, 5.74) is 2.21. The first-order valence-corrected chi connectivity index (χ1v) is 9.01. The number of H-pyrrole nitrogens is 1. The summed E-state index contributed by atoms with van der Waals surface area (Å²) in [5.74, 6) is 1.76. The summed E-state index contributed by atoms with van der Waals surface area (Å²) in [4.78, 5) is 26.3. The Balaban J connectivity index is 1.50. The highest BCUT2D eigenvalue weighted by molar-refractivity contribution is 5.54. The van der Waals surface area contributed by atoms with E-state index in [9.17, 15) is 4.79 Å². The van der Waals surface area contributed by atoms with Crippen molar-refractivity contribution >= 4 is 5.82 Å². The minimum atomic E-state index is -0.116. The average molecular weight is 357 g/mol. The maximum atomic E-state index is 12.1. The molecule has 0 spiro atoms. The molecule has 1 aliphatic rings. The number of hydrogen-bond donors (Lipinski definition) is 1. The van der Waals surface area contributed by atoms with Crippen molar-refractivity contribution in [2.24, 2.45) is 0 Å². The molecule has 2 aromatic heterocycles. The van der Waals surface area contributed by atoms with E-state index in [0.29, 0.717) is 11.4 Å². The summed E-state index contributed by atoms with van der Waals surface area (Å²) in [6.45, 7) is 1.69. The van der Waals surface area contributed by atoms with Crippen LogP contribution in [0.3, 0.4) is 0 Å². The van der Waals surface area contributed by atoms with Crippen LogP contribution in [0.25, 0.3) is 11.4 Å². The minimum Gasteiger partial charge on any atom is -0.357 e. The standard InChI is InChI=1S/C21H19N5O/c22-13-15-6-7-19(23-14-15)26-10-8-16(9-11-26)18-12-20(27)25-21(24-18)17-4-2-1-3-5-17/h1-7,12,14,16H,8-11H2,(H,24,25,27). The molecular formula is C21H19N5O. The first kappa shape index (κ1) is 17.0. The third-order valence-corrected chi connectivity index (χ3v) is 4.92. The van der Waals surface area contributed by atoms with E-state index in [2.05, 4.69) is 20.9 Å². The summed E-state index contributed by atoms with van der Waals surface area (Å²) in [7, 11) is 0. The number of aromatic amines is 1. The van der Waals surface area contributed by atoms with Gasteiger partial charge in [0.25, 0.3) is 5.56 Å². The summed E-state index contributed by atoms with van der Waals surface area (Å²) >= 11 is 0. The maximum Gasteiger partial charge on any atom is 0.251 e. The molecule has 0 bridgehead atoms. The molecule has 0 amide bonds. The number of aromatic nitrogens is 3. The van der Waals surface area contributed by atoms with Crippen LogP contribution in [0.1, 0.15) is 30.0 Å². The minimum absolute atomic E-state index is 0.116. The second kappa shape index (κ2) is 7.42. The van der Waals surface area contributed by atoms with Crippen LogP contribution >= 0.6 is 0 Å². The van der Waals surface area contributed by atoms with Gasteiger partial charge in [0.1, 0.15) is 17.7 Å². The van der Waals surface area contributed by atoms with Gasteiger partial charge in [0.2, 0.25) is 0 Å². The molecule has 3 aromatic rings. The Hall–Kier alpha value is -3.46. The van der Waals surface area contributed by atoms with E-state index in [4.69, 9.17) is 10.2 Å². The van der Waals surface area contributed by atoms with Crippen LogP contribution in [0.5, 0.6) is 0 Å². The van der Waals surface area contributed by atoms with Gasteiger partial charge in [-0.05, 0) is 25.0 Å². The van der Waals surface area contributed by atoms with Crippen molar-refractivity contribution in [1.82, 2.24) is 15.0 Å². The number of nitrogens with one attached hydrogen (secondary N) is 1. The van der Waals surface area contributed by atoms with Gasteiger partial charge in [-0.1, -0.05) is 30.3 Å². The molecule has 0 unspecified atom stereocenters. The van der Waals surface area contributed by atoms with Gasteiger partial charge < -0.3 is 9.88 Å². The molecule has 1 fully saturated rings. The molecule has 134 valence electrons. The smallest absolute Gasteiger partial charge is 0.251 e. The predicted molar refractivity (Wildman–Crippen MR) is 103 cm³/mol. The third-order valence-electron chi connectivity index (χ3n) is 4.92. The molecule has 1 N–H and O–H groups in total. The van der Waals surface area contributed by atoms with E-state index in [1.165, 1.54) is 0 Å². The van der Waals surface area contributed by atoms with Gasteiger partial charge >= 0.3 is 0 Å². The molecule has 4 rings (SSSR count). The van der Waals surface area contributed by atoms with Gasteiger partial charge in [0, 0.05) is 36.8 Å². The van der Waals surface area contributed by atoms with E-state index < -0.39 is 0 Å². The van der Waals surface area contributed by atoms with Gasteiger partial charge in [0.05, 0.1) is 11.3 Å². The Morgan fingerprint density at radius 2 is 1.89 bits per heavy atom. The van der Waals surface area contributed by atoms with E-state index in [-0.39, 0.29) is 11.5 Å². The van der Waals surface area contributed by atoms with Crippen molar-refractivity contribution in [2.75, 3.05) is 18.0 Å².